The van der Waals surface area contributed by atoms with Crippen molar-refractivity contribution in [2.75, 3.05) is 0 Å². The summed E-state index contributed by atoms with van der Waals surface area (Å²) in [7, 11) is 0. The summed E-state index contributed by atoms with van der Waals surface area (Å²) in [5, 5.41) is 14.2. The molecule has 136 valence electrons. The predicted molar refractivity (Wildman–Crippen MR) is 118 cm³/mol. The van der Waals surface area contributed by atoms with Gasteiger partial charge < -0.3 is 8.98 Å². The Morgan fingerprint density at radius 2 is 1.52 bits per heavy atom. The quantitative estimate of drug-likeness (QED) is 0.316. The first-order valence-corrected chi connectivity index (χ1v) is 9.60. The first-order valence-electron chi connectivity index (χ1n) is 9.60. The largest absolute Gasteiger partial charge is 0.456 e. The molecule has 4 aromatic carbocycles. The molecule has 2 aromatic heterocycles. The van der Waals surface area contributed by atoms with Gasteiger partial charge in [0.15, 0.2) is 0 Å². The molecular weight excluding hydrogens is 356 g/mol. The van der Waals surface area contributed by atoms with Gasteiger partial charge >= 0.3 is 0 Å². The standard InChI is InChI=1S/C26H16N2O/c1-16-9-11-24-21(13-16)22-14-18(10-12-25(22)29-24)28-23-8-3-2-6-19(23)20-7-4-5-17(15-27)26(20)28/h2-14H,1H3. The van der Waals surface area contributed by atoms with Crippen LogP contribution >= 0.6 is 0 Å². The average Bonchev–Trinajstić information content (AvgIpc) is 3.28. The zero-order valence-electron chi connectivity index (χ0n) is 15.8. The lowest BCUT2D eigenvalue weighted by Gasteiger charge is -2.09. The molecule has 3 nitrogen and oxygen atoms in total. The second-order valence-electron chi connectivity index (χ2n) is 7.45. The molecule has 3 heteroatoms. The number of nitriles is 1. The van der Waals surface area contributed by atoms with E-state index in [1.165, 1.54) is 5.56 Å². The number of nitrogens with zero attached hydrogens (tertiary/aromatic N) is 2. The Morgan fingerprint density at radius 3 is 2.38 bits per heavy atom. The fraction of sp³-hybridized carbons (Fsp3) is 0.0385. The van der Waals surface area contributed by atoms with Crippen LogP contribution in [0, 0.1) is 18.3 Å². The van der Waals surface area contributed by atoms with Gasteiger partial charge in [-0.2, -0.15) is 5.26 Å². The highest BCUT2D eigenvalue weighted by molar-refractivity contribution is 6.12. The molecular formula is C26H16N2O. The minimum absolute atomic E-state index is 0.673. The van der Waals surface area contributed by atoms with Crippen LogP contribution in [0.3, 0.4) is 0 Å². The summed E-state index contributed by atoms with van der Waals surface area (Å²) < 4.78 is 8.23. The van der Waals surface area contributed by atoms with Crippen LogP contribution in [0.4, 0.5) is 0 Å². The van der Waals surface area contributed by atoms with E-state index in [9.17, 15) is 5.26 Å². The summed E-state index contributed by atoms with van der Waals surface area (Å²) in [6.45, 7) is 2.09. The third-order valence-corrected chi connectivity index (χ3v) is 5.68. The van der Waals surface area contributed by atoms with Gasteiger partial charge in [0.2, 0.25) is 0 Å². The SMILES string of the molecule is Cc1ccc2oc3ccc(-n4c5ccccc5c5cccc(C#N)c54)cc3c2c1. The summed E-state index contributed by atoms with van der Waals surface area (Å²) in [5.41, 5.74) is 6.70. The van der Waals surface area contributed by atoms with Crippen molar-refractivity contribution in [2.45, 2.75) is 6.92 Å². The number of aromatic nitrogens is 1. The Kier molecular flexibility index (Phi) is 3.16. The summed E-state index contributed by atoms with van der Waals surface area (Å²) in [4.78, 5) is 0. The van der Waals surface area contributed by atoms with Crippen molar-refractivity contribution in [2.24, 2.45) is 0 Å². The number of aryl methyl sites for hydroxylation is 1. The lowest BCUT2D eigenvalue weighted by molar-refractivity contribution is 0.669. The van der Waals surface area contributed by atoms with Gasteiger partial charge in [-0.05, 0) is 49.4 Å². The molecule has 0 saturated carbocycles. The van der Waals surface area contributed by atoms with E-state index < -0.39 is 0 Å². The van der Waals surface area contributed by atoms with E-state index >= 15 is 0 Å². The Balaban J connectivity index is 1.78. The van der Waals surface area contributed by atoms with E-state index in [1.807, 2.05) is 36.4 Å². The van der Waals surface area contributed by atoms with Crippen LogP contribution in [0.25, 0.3) is 49.4 Å². The first-order chi connectivity index (χ1) is 14.2. The lowest BCUT2D eigenvalue weighted by atomic mass is 10.1. The van der Waals surface area contributed by atoms with E-state index in [2.05, 4.69) is 60.0 Å². The molecule has 0 fully saturated rings. The second-order valence-corrected chi connectivity index (χ2v) is 7.45. The van der Waals surface area contributed by atoms with E-state index in [1.54, 1.807) is 0 Å². The van der Waals surface area contributed by atoms with Gasteiger partial charge in [0.1, 0.15) is 17.2 Å². The molecule has 0 radical (unpaired) electrons. The summed E-state index contributed by atoms with van der Waals surface area (Å²) in [6, 6.07) is 29.1. The fourth-order valence-electron chi connectivity index (χ4n) is 4.40. The molecule has 0 saturated heterocycles. The maximum Gasteiger partial charge on any atom is 0.135 e. The normalized spacial score (nSPS) is 11.6. The van der Waals surface area contributed by atoms with Crippen molar-refractivity contribution >= 4 is 43.7 Å². The van der Waals surface area contributed by atoms with Gasteiger partial charge in [-0.1, -0.05) is 42.0 Å². The Morgan fingerprint density at radius 1 is 0.759 bits per heavy atom. The molecule has 0 unspecified atom stereocenters. The van der Waals surface area contributed by atoms with Gasteiger partial charge in [-0.15, -0.1) is 0 Å². The Labute approximate surface area is 167 Å². The van der Waals surface area contributed by atoms with Crippen molar-refractivity contribution in [3.63, 3.8) is 0 Å². The molecule has 0 N–H and O–H groups in total. The van der Waals surface area contributed by atoms with Crippen LogP contribution in [-0.2, 0) is 0 Å². The van der Waals surface area contributed by atoms with E-state index in [0.717, 1.165) is 49.4 Å². The highest BCUT2D eigenvalue weighted by Crippen LogP contribution is 2.36. The minimum atomic E-state index is 0.673. The molecule has 0 amide bonds. The van der Waals surface area contributed by atoms with Gasteiger partial charge in [-0.3, -0.25) is 0 Å². The minimum Gasteiger partial charge on any atom is -0.456 e. The average molecular weight is 372 g/mol. The highest BCUT2D eigenvalue weighted by atomic mass is 16.3. The van der Waals surface area contributed by atoms with Crippen LogP contribution in [0.15, 0.2) is 83.3 Å². The number of rotatable bonds is 1. The predicted octanol–water partition coefficient (Wildman–Crippen LogP) is 6.86. The molecule has 2 heterocycles. The van der Waals surface area contributed by atoms with Crippen molar-refractivity contribution in [1.82, 2.24) is 4.57 Å². The van der Waals surface area contributed by atoms with Crippen molar-refractivity contribution in [3.8, 4) is 11.8 Å². The highest BCUT2D eigenvalue weighted by Gasteiger charge is 2.16. The summed E-state index contributed by atoms with van der Waals surface area (Å²) >= 11 is 0. The van der Waals surface area contributed by atoms with Crippen LogP contribution in [-0.4, -0.2) is 4.57 Å². The number of hydrogen-bond acceptors (Lipinski definition) is 2. The number of fused-ring (bicyclic) bond motifs is 6. The van der Waals surface area contributed by atoms with Crippen LogP contribution in [0.1, 0.15) is 11.1 Å². The molecule has 0 atom stereocenters. The smallest absolute Gasteiger partial charge is 0.135 e. The van der Waals surface area contributed by atoms with Crippen molar-refractivity contribution in [1.29, 1.82) is 5.26 Å². The van der Waals surface area contributed by atoms with E-state index in [0.29, 0.717) is 5.56 Å². The van der Waals surface area contributed by atoms with Crippen LogP contribution < -0.4 is 0 Å². The van der Waals surface area contributed by atoms with Gasteiger partial charge in [0, 0.05) is 27.2 Å². The van der Waals surface area contributed by atoms with Gasteiger partial charge in [-0.25, -0.2) is 0 Å². The zero-order chi connectivity index (χ0) is 19.5. The number of benzene rings is 4. The van der Waals surface area contributed by atoms with Crippen molar-refractivity contribution < 1.29 is 4.42 Å². The molecule has 6 rings (SSSR count). The first kappa shape index (κ1) is 16.0. The second kappa shape index (κ2) is 5.73. The number of hydrogen-bond donors (Lipinski definition) is 0. The maximum absolute atomic E-state index is 9.76. The van der Waals surface area contributed by atoms with Crippen molar-refractivity contribution in [3.05, 3.63) is 90.0 Å². The van der Waals surface area contributed by atoms with E-state index in [4.69, 9.17) is 4.42 Å². The summed E-state index contributed by atoms with van der Waals surface area (Å²) in [6.07, 6.45) is 0. The lowest BCUT2D eigenvalue weighted by Crippen LogP contribution is -1.95. The molecule has 0 bridgehead atoms. The third kappa shape index (κ3) is 2.17. The van der Waals surface area contributed by atoms with Crippen LogP contribution in [0.5, 0.6) is 0 Å². The molecule has 0 aliphatic carbocycles. The maximum atomic E-state index is 9.76. The Hall–Kier alpha value is -4.03. The number of furan rings is 1. The summed E-state index contributed by atoms with van der Waals surface area (Å²) in [5.74, 6) is 0. The topological polar surface area (TPSA) is 41.9 Å². The number of para-hydroxylation sites is 2. The van der Waals surface area contributed by atoms with Gasteiger partial charge in [0.05, 0.1) is 16.6 Å². The van der Waals surface area contributed by atoms with Gasteiger partial charge in [0.25, 0.3) is 0 Å². The molecule has 0 spiro atoms. The van der Waals surface area contributed by atoms with Crippen LogP contribution in [0.2, 0.25) is 0 Å². The molecule has 0 aliphatic heterocycles. The molecule has 29 heavy (non-hydrogen) atoms. The van der Waals surface area contributed by atoms with E-state index in [-0.39, 0.29) is 0 Å². The molecule has 0 aliphatic rings. The fourth-order valence-corrected chi connectivity index (χ4v) is 4.40. The molecule has 6 aromatic rings. The monoisotopic (exact) mass is 372 g/mol. The third-order valence-electron chi connectivity index (χ3n) is 5.68. The zero-order valence-corrected chi connectivity index (χ0v) is 15.8. The Bertz CT molecular complexity index is 1630.